The number of aromatic nitrogens is 3. The zero-order valence-electron chi connectivity index (χ0n) is 14.3. The fraction of sp³-hybridized carbons (Fsp3) is 0.667. The van der Waals surface area contributed by atoms with Gasteiger partial charge in [-0.3, -0.25) is 4.90 Å². The molecule has 0 aliphatic carbocycles. The Morgan fingerprint density at radius 2 is 2.14 bits per heavy atom. The third-order valence-corrected chi connectivity index (χ3v) is 4.57. The van der Waals surface area contributed by atoms with Gasteiger partial charge in [-0.25, -0.2) is 9.97 Å². The van der Waals surface area contributed by atoms with E-state index in [2.05, 4.69) is 48.2 Å². The molecule has 0 spiro atoms. The van der Waals surface area contributed by atoms with Gasteiger partial charge in [0.05, 0.1) is 0 Å². The number of likely N-dealkylation sites (N-methyl/N-ethyl adjacent to an activating group) is 1. The van der Waals surface area contributed by atoms with Crippen LogP contribution in [0.3, 0.4) is 0 Å². The molecule has 1 unspecified atom stereocenters. The minimum Gasteiger partial charge on any atom is -0.311 e. The SMILES string of the molecule is CCN1CCCC1Cn1c(CC(C)(C)C)nc2cccnc21. The highest BCUT2D eigenvalue weighted by molar-refractivity contribution is 5.71. The van der Waals surface area contributed by atoms with E-state index in [1.807, 2.05) is 12.3 Å². The van der Waals surface area contributed by atoms with Crippen molar-refractivity contribution in [3.63, 3.8) is 0 Å². The lowest BCUT2D eigenvalue weighted by molar-refractivity contribution is 0.242. The standard InChI is InChI=1S/C18H28N4/c1-5-21-11-7-8-14(21)13-22-16(12-18(2,3)4)20-15-9-6-10-19-17(15)22/h6,9-10,14H,5,7-8,11-13H2,1-4H3. The van der Waals surface area contributed by atoms with E-state index in [-0.39, 0.29) is 5.41 Å². The van der Waals surface area contributed by atoms with Crippen molar-refractivity contribution in [2.24, 2.45) is 5.41 Å². The summed E-state index contributed by atoms with van der Waals surface area (Å²) >= 11 is 0. The lowest BCUT2D eigenvalue weighted by atomic mass is 9.92. The highest BCUT2D eigenvalue weighted by atomic mass is 15.2. The molecule has 1 aliphatic rings. The molecule has 0 amide bonds. The molecular formula is C18H28N4. The first-order valence-corrected chi connectivity index (χ1v) is 8.52. The van der Waals surface area contributed by atoms with Crippen LogP contribution in [0.1, 0.15) is 46.4 Å². The summed E-state index contributed by atoms with van der Waals surface area (Å²) in [5.74, 6) is 1.18. The third-order valence-electron chi connectivity index (χ3n) is 4.57. The molecule has 1 atom stereocenters. The molecule has 3 rings (SSSR count). The Bertz CT molecular complexity index is 638. The van der Waals surface area contributed by atoms with Crippen LogP contribution in [-0.4, -0.2) is 38.6 Å². The Morgan fingerprint density at radius 1 is 1.32 bits per heavy atom. The van der Waals surface area contributed by atoms with Gasteiger partial charge in [0.1, 0.15) is 11.3 Å². The van der Waals surface area contributed by atoms with Gasteiger partial charge >= 0.3 is 0 Å². The predicted molar refractivity (Wildman–Crippen MR) is 91.0 cm³/mol. The minimum atomic E-state index is 0.235. The van der Waals surface area contributed by atoms with E-state index in [1.54, 1.807) is 0 Å². The summed E-state index contributed by atoms with van der Waals surface area (Å²) in [4.78, 5) is 12.1. The van der Waals surface area contributed by atoms with Gasteiger partial charge in [0.15, 0.2) is 5.65 Å². The van der Waals surface area contributed by atoms with Crippen LogP contribution < -0.4 is 0 Å². The highest BCUT2D eigenvalue weighted by Gasteiger charge is 2.26. The summed E-state index contributed by atoms with van der Waals surface area (Å²) in [6.45, 7) is 12.5. The summed E-state index contributed by atoms with van der Waals surface area (Å²) in [5, 5.41) is 0. The summed E-state index contributed by atoms with van der Waals surface area (Å²) < 4.78 is 2.37. The summed E-state index contributed by atoms with van der Waals surface area (Å²) in [6.07, 6.45) is 5.47. The second kappa shape index (κ2) is 5.99. The van der Waals surface area contributed by atoms with Gasteiger partial charge in [-0.1, -0.05) is 27.7 Å². The number of pyridine rings is 1. The highest BCUT2D eigenvalue weighted by Crippen LogP contribution is 2.26. The number of hydrogen-bond donors (Lipinski definition) is 0. The Morgan fingerprint density at radius 3 is 2.86 bits per heavy atom. The van der Waals surface area contributed by atoms with Crippen LogP contribution in [-0.2, 0) is 13.0 Å². The van der Waals surface area contributed by atoms with Gasteiger partial charge in [-0.05, 0) is 43.5 Å². The van der Waals surface area contributed by atoms with E-state index >= 15 is 0 Å². The molecule has 1 fully saturated rings. The number of rotatable bonds is 4. The second-order valence-electron chi connectivity index (χ2n) is 7.65. The molecule has 1 saturated heterocycles. The van der Waals surface area contributed by atoms with Crippen LogP contribution in [0.5, 0.6) is 0 Å². The third kappa shape index (κ3) is 3.17. The molecule has 4 heteroatoms. The topological polar surface area (TPSA) is 34.0 Å². The van der Waals surface area contributed by atoms with E-state index in [0.717, 1.165) is 30.7 Å². The normalized spacial score (nSPS) is 20.1. The number of nitrogens with zero attached hydrogens (tertiary/aromatic N) is 4. The summed E-state index contributed by atoms with van der Waals surface area (Å²) in [5.41, 5.74) is 2.31. The monoisotopic (exact) mass is 300 g/mol. The average Bonchev–Trinajstić information content (AvgIpc) is 3.03. The van der Waals surface area contributed by atoms with Gasteiger partial charge in [0, 0.05) is 25.2 Å². The molecule has 4 nitrogen and oxygen atoms in total. The van der Waals surface area contributed by atoms with E-state index < -0.39 is 0 Å². The minimum absolute atomic E-state index is 0.235. The van der Waals surface area contributed by atoms with Gasteiger partial charge in [0.25, 0.3) is 0 Å². The lowest BCUT2D eigenvalue weighted by Crippen LogP contribution is -2.33. The molecule has 0 N–H and O–H groups in total. The zero-order chi connectivity index (χ0) is 15.7. The van der Waals surface area contributed by atoms with Crippen molar-refractivity contribution >= 4 is 11.2 Å². The maximum atomic E-state index is 4.87. The van der Waals surface area contributed by atoms with Gasteiger partial charge in [-0.2, -0.15) is 0 Å². The molecule has 2 aromatic rings. The second-order valence-corrected chi connectivity index (χ2v) is 7.65. The molecular weight excluding hydrogens is 272 g/mol. The summed E-state index contributed by atoms with van der Waals surface area (Å²) in [7, 11) is 0. The molecule has 0 radical (unpaired) electrons. The van der Waals surface area contributed by atoms with Crippen molar-refractivity contribution in [1.82, 2.24) is 19.4 Å². The van der Waals surface area contributed by atoms with Crippen LogP contribution in [0, 0.1) is 5.41 Å². The molecule has 120 valence electrons. The van der Waals surface area contributed by atoms with Gasteiger partial charge in [-0.15, -0.1) is 0 Å². The fourth-order valence-corrected chi connectivity index (χ4v) is 3.54. The van der Waals surface area contributed by atoms with Crippen molar-refractivity contribution in [2.45, 2.75) is 59.5 Å². The molecule has 0 saturated carbocycles. The Balaban J connectivity index is 1.96. The predicted octanol–water partition coefficient (Wildman–Crippen LogP) is 3.50. The van der Waals surface area contributed by atoms with Crippen LogP contribution in [0.4, 0.5) is 0 Å². The number of fused-ring (bicyclic) bond motifs is 1. The summed E-state index contributed by atoms with van der Waals surface area (Å²) in [6, 6.07) is 4.69. The maximum absolute atomic E-state index is 4.87. The Hall–Kier alpha value is -1.42. The van der Waals surface area contributed by atoms with Crippen LogP contribution >= 0.6 is 0 Å². The van der Waals surface area contributed by atoms with Gasteiger partial charge < -0.3 is 4.57 Å². The number of likely N-dealkylation sites (tertiary alicyclic amines) is 1. The van der Waals surface area contributed by atoms with Crippen LogP contribution in [0.25, 0.3) is 11.2 Å². The fourth-order valence-electron chi connectivity index (χ4n) is 3.54. The Kier molecular flexibility index (Phi) is 4.22. The van der Waals surface area contributed by atoms with E-state index in [0.29, 0.717) is 6.04 Å². The van der Waals surface area contributed by atoms with Gasteiger partial charge in [0.2, 0.25) is 0 Å². The first-order valence-electron chi connectivity index (χ1n) is 8.52. The lowest BCUT2D eigenvalue weighted by Gasteiger charge is -2.25. The van der Waals surface area contributed by atoms with Crippen molar-refractivity contribution in [3.8, 4) is 0 Å². The van der Waals surface area contributed by atoms with E-state index in [1.165, 1.54) is 25.2 Å². The molecule has 2 aromatic heterocycles. The number of hydrogen-bond acceptors (Lipinski definition) is 3. The van der Waals surface area contributed by atoms with Crippen molar-refractivity contribution in [3.05, 3.63) is 24.2 Å². The number of imidazole rings is 1. The molecule has 1 aliphatic heterocycles. The average molecular weight is 300 g/mol. The van der Waals surface area contributed by atoms with Crippen molar-refractivity contribution in [1.29, 1.82) is 0 Å². The van der Waals surface area contributed by atoms with Crippen LogP contribution in [0.15, 0.2) is 18.3 Å². The van der Waals surface area contributed by atoms with E-state index in [9.17, 15) is 0 Å². The first-order chi connectivity index (χ1) is 10.5. The maximum Gasteiger partial charge on any atom is 0.160 e. The molecule has 0 aromatic carbocycles. The molecule has 0 bridgehead atoms. The Labute approximate surface area is 133 Å². The van der Waals surface area contributed by atoms with Crippen molar-refractivity contribution < 1.29 is 0 Å². The molecule has 3 heterocycles. The zero-order valence-corrected chi connectivity index (χ0v) is 14.3. The van der Waals surface area contributed by atoms with E-state index in [4.69, 9.17) is 4.98 Å². The van der Waals surface area contributed by atoms with Crippen molar-refractivity contribution in [2.75, 3.05) is 13.1 Å². The smallest absolute Gasteiger partial charge is 0.160 e. The quantitative estimate of drug-likeness (QED) is 0.866. The molecule has 22 heavy (non-hydrogen) atoms. The largest absolute Gasteiger partial charge is 0.311 e. The van der Waals surface area contributed by atoms with Crippen LogP contribution in [0.2, 0.25) is 0 Å². The first kappa shape index (κ1) is 15.5.